The van der Waals surface area contributed by atoms with Crippen LogP contribution < -0.4 is 25.8 Å². The summed E-state index contributed by atoms with van der Waals surface area (Å²) in [5.74, 6) is 1.59. The van der Waals surface area contributed by atoms with E-state index >= 15 is 0 Å². The van der Waals surface area contributed by atoms with Crippen LogP contribution in [0.5, 0.6) is 11.5 Å². The standard InChI is InChI=1S/C26H33ClN6O4S/c1-16(2)38(34,35)22-8-6-5-7-20(22)29-25-23(27)24(28)31-26(32-25)30-19-10-9-18(15-21(19)36-4)37-17-11-13-33(3)14-12-17/h5-10,15-17H,11-14H2,1-4H3,(H4,28,29,30,31,32). The van der Waals surface area contributed by atoms with Crippen LogP contribution in [0.2, 0.25) is 5.02 Å². The van der Waals surface area contributed by atoms with Crippen LogP contribution in [0.25, 0.3) is 0 Å². The lowest BCUT2D eigenvalue weighted by Crippen LogP contribution is -2.35. The molecule has 0 atom stereocenters. The first-order valence-electron chi connectivity index (χ1n) is 12.3. The number of aromatic nitrogens is 2. The minimum absolute atomic E-state index is 0.0250. The minimum Gasteiger partial charge on any atom is -0.494 e. The molecule has 2 heterocycles. The third-order valence-electron chi connectivity index (χ3n) is 6.33. The van der Waals surface area contributed by atoms with E-state index in [4.69, 9.17) is 26.8 Å². The van der Waals surface area contributed by atoms with Crippen LogP contribution in [0, 0.1) is 0 Å². The molecule has 12 heteroatoms. The number of para-hydroxylation sites is 1. The number of sulfone groups is 1. The predicted molar refractivity (Wildman–Crippen MR) is 151 cm³/mol. The summed E-state index contributed by atoms with van der Waals surface area (Å²) in [7, 11) is 0.113. The molecule has 1 aliphatic heterocycles. The molecule has 0 amide bonds. The first kappa shape index (κ1) is 27.7. The molecule has 1 fully saturated rings. The normalized spacial score (nSPS) is 14.9. The van der Waals surface area contributed by atoms with E-state index in [-0.39, 0.29) is 33.6 Å². The number of methoxy groups -OCH3 is 1. The van der Waals surface area contributed by atoms with Crippen molar-refractivity contribution in [1.82, 2.24) is 14.9 Å². The largest absolute Gasteiger partial charge is 0.494 e. The zero-order chi connectivity index (χ0) is 27.4. The van der Waals surface area contributed by atoms with Crippen molar-refractivity contribution in [2.45, 2.75) is 42.9 Å². The van der Waals surface area contributed by atoms with E-state index in [1.807, 2.05) is 18.2 Å². The maximum atomic E-state index is 12.9. The smallest absolute Gasteiger partial charge is 0.231 e. The highest BCUT2D eigenvalue weighted by Gasteiger charge is 2.24. The summed E-state index contributed by atoms with van der Waals surface area (Å²) in [6.45, 7) is 5.25. The van der Waals surface area contributed by atoms with Crippen LogP contribution in [0.15, 0.2) is 47.4 Å². The topological polar surface area (TPSA) is 132 Å². The monoisotopic (exact) mass is 560 g/mol. The highest BCUT2D eigenvalue weighted by atomic mass is 35.5. The Morgan fingerprint density at radius 3 is 2.47 bits per heavy atom. The second kappa shape index (κ2) is 11.6. The molecule has 0 saturated carbocycles. The van der Waals surface area contributed by atoms with E-state index in [0.29, 0.717) is 22.9 Å². The van der Waals surface area contributed by atoms with Crippen LogP contribution in [0.3, 0.4) is 0 Å². The van der Waals surface area contributed by atoms with Gasteiger partial charge in [-0.1, -0.05) is 23.7 Å². The molecule has 38 heavy (non-hydrogen) atoms. The van der Waals surface area contributed by atoms with E-state index in [9.17, 15) is 8.42 Å². The first-order valence-corrected chi connectivity index (χ1v) is 14.2. The Kier molecular flexibility index (Phi) is 8.49. The van der Waals surface area contributed by atoms with Crippen molar-refractivity contribution in [3.8, 4) is 11.5 Å². The fourth-order valence-electron chi connectivity index (χ4n) is 4.07. The Balaban J connectivity index is 1.58. The van der Waals surface area contributed by atoms with Crippen molar-refractivity contribution in [3.63, 3.8) is 0 Å². The Morgan fingerprint density at radius 2 is 1.79 bits per heavy atom. The fraction of sp³-hybridized carbons (Fsp3) is 0.385. The molecule has 0 radical (unpaired) electrons. The van der Waals surface area contributed by atoms with E-state index in [1.54, 1.807) is 39.2 Å². The summed E-state index contributed by atoms with van der Waals surface area (Å²) in [5, 5.41) is 5.60. The number of anilines is 5. The van der Waals surface area contributed by atoms with E-state index in [1.165, 1.54) is 6.07 Å². The van der Waals surface area contributed by atoms with E-state index in [2.05, 4.69) is 32.5 Å². The fourth-order valence-corrected chi connectivity index (χ4v) is 5.40. The molecular formula is C26H33ClN6O4S. The summed E-state index contributed by atoms with van der Waals surface area (Å²) in [6.07, 6.45) is 2.09. The van der Waals surface area contributed by atoms with E-state index < -0.39 is 15.1 Å². The highest BCUT2D eigenvalue weighted by molar-refractivity contribution is 7.92. The number of piperidine rings is 1. The van der Waals surface area contributed by atoms with Crippen molar-refractivity contribution in [1.29, 1.82) is 0 Å². The summed E-state index contributed by atoms with van der Waals surface area (Å²) in [4.78, 5) is 11.1. The lowest BCUT2D eigenvalue weighted by molar-refractivity contribution is 0.114. The number of hydrogen-bond acceptors (Lipinski definition) is 10. The third-order valence-corrected chi connectivity index (χ3v) is 8.91. The first-order chi connectivity index (χ1) is 18.1. The zero-order valence-corrected chi connectivity index (χ0v) is 23.4. The maximum Gasteiger partial charge on any atom is 0.231 e. The number of ether oxygens (including phenoxy) is 2. The van der Waals surface area contributed by atoms with Gasteiger partial charge in [0.15, 0.2) is 15.7 Å². The Bertz CT molecular complexity index is 1390. The number of halogens is 1. The summed E-state index contributed by atoms with van der Waals surface area (Å²) in [5.41, 5.74) is 7.00. The average molecular weight is 561 g/mol. The van der Waals surface area contributed by atoms with Gasteiger partial charge >= 0.3 is 0 Å². The van der Waals surface area contributed by atoms with Gasteiger partial charge < -0.3 is 30.7 Å². The van der Waals surface area contributed by atoms with Crippen molar-refractivity contribution in [2.75, 3.05) is 43.6 Å². The van der Waals surface area contributed by atoms with Crippen LogP contribution in [-0.4, -0.2) is 61.9 Å². The van der Waals surface area contributed by atoms with Crippen LogP contribution in [-0.2, 0) is 9.84 Å². The molecule has 4 N–H and O–H groups in total. The number of nitrogens with zero attached hydrogens (tertiary/aromatic N) is 3. The molecule has 1 saturated heterocycles. The predicted octanol–water partition coefficient (Wildman–Crippen LogP) is 4.86. The second-order valence-electron chi connectivity index (χ2n) is 9.42. The lowest BCUT2D eigenvalue weighted by atomic mass is 10.1. The molecular weight excluding hydrogens is 528 g/mol. The Labute approximate surface area is 228 Å². The summed E-state index contributed by atoms with van der Waals surface area (Å²) >= 11 is 6.39. The number of rotatable bonds is 9. The van der Waals surface area contributed by atoms with Gasteiger partial charge in [0, 0.05) is 19.2 Å². The van der Waals surface area contributed by atoms with Crippen LogP contribution >= 0.6 is 11.6 Å². The maximum absolute atomic E-state index is 12.9. The molecule has 1 aliphatic rings. The lowest BCUT2D eigenvalue weighted by Gasteiger charge is -2.29. The quantitative estimate of drug-likeness (QED) is 0.333. The molecule has 10 nitrogen and oxygen atoms in total. The number of benzene rings is 2. The molecule has 0 aliphatic carbocycles. The highest BCUT2D eigenvalue weighted by Crippen LogP contribution is 2.35. The number of hydrogen-bond donors (Lipinski definition) is 3. The second-order valence-corrected chi connectivity index (χ2v) is 12.3. The van der Waals surface area contributed by atoms with Crippen LogP contribution in [0.4, 0.5) is 29.0 Å². The molecule has 2 aromatic carbocycles. The van der Waals surface area contributed by atoms with Crippen molar-refractivity contribution < 1.29 is 17.9 Å². The minimum atomic E-state index is -3.56. The molecule has 0 spiro atoms. The number of nitrogens with two attached hydrogens (primary N) is 1. The van der Waals surface area contributed by atoms with Gasteiger partial charge in [0.25, 0.3) is 0 Å². The number of likely N-dealkylation sites (tertiary alicyclic amines) is 1. The molecule has 4 rings (SSSR count). The van der Waals surface area contributed by atoms with Gasteiger partial charge in [-0.3, -0.25) is 0 Å². The van der Waals surface area contributed by atoms with Gasteiger partial charge in [-0.05, 0) is 58.0 Å². The third kappa shape index (κ3) is 6.23. The number of nitrogens with one attached hydrogen (secondary N) is 2. The van der Waals surface area contributed by atoms with Gasteiger partial charge in [0.05, 0.1) is 28.6 Å². The average Bonchev–Trinajstić information content (AvgIpc) is 2.89. The Morgan fingerprint density at radius 1 is 1.08 bits per heavy atom. The summed E-state index contributed by atoms with van der Waals surface area (Å²) < 4.78 is 37.5. The zero-order valence-electron chi connectivity index (χ0n) is 21.9. The summed E-state index contributed by atoms with van der Waals surface area (Å²) in [6, 6.07) is 12.0. The molecule has 0 bridgehead atoms. The van der Waals surface area contributed by atoms with Gasteiger partial charge in [-0.15, -0.1) is 0 Å². The van der Waals surface area contributed by atoms with Crippen molar-refractivity contribution in [2.24, 2.45) is 0 Å². The molecule has 204 valence electrons. The molecule has 0 unspecified atom stereocenters. The van der Waals surface area contributed by atoms with Crippen LogP contribution in [0.1, 0.15) is 26.7 Å². The SMILES string of the molecule is COc1cc(OC2CCN(C)CC2)ccc1Nc1nc(N)c(Cl)c(Nc2ccccc2S(=O)(=O)C(C)C)n1. The van der Waals surface area contributed by atoms with Gasteiger partial charge in [-0.2, -0.15) is 9.97 Å². The van der Waals surface area contributed by atoms with Gasteiger partial charge in [0.2, 0.25) is 5.95 Å². The van der Waals surface area contributed by atoms with E-state index in [0.717, 1.165) is 25.9 Å². The molecule has 1 aromatic heterocycles. The van der Waals surface area contributed by atoms with Gasteiger partial charge in [0.1, 0.15) is 28.4 Å². The molecule has 3 aromatic rings. The van der Waals surface area contributed by atoms with Crippen molar-refractivity contribution in [3.05, 3.63) is 47.5 Å². The Hall–Kier alpha value is -3.28. The van der Waals surface area contributed by atoms with Gasteiger partial charge in [-0.25, -0.2) is 8.42 Å². The number of nitrogen functional groups attached to an aromatic ring is 1. The van der Waals surface area contributed by atoms with Crippen molar-refractivity contribution >= 4 is 50.4 Å².